The smallest absolute Gasteiger partial charge is 0.215 e. The van der Waals surface area contributed by atoms with Crippen LogP contribution in [0.15, 0.2) is 30.2 Å². The third-order valence-corrected chi connectivity index (χ3v) is 2.49. The van der Waals surface area contributed by atoms with Crippen LogP contribution in [0.1, 0.15) is 12.8 Å². The molecule has 6 nitrogen and oxygen atoms in total. The molecule has 0 aromatic carbocycles. The summed E-state index contributed by atoms with van der Waals surface area (Å²) in [6, 6.07) is 0. The highest BCUT2D eigenvalue weighted by Gasteiger charge is 2.28. The zero-order valence-corrected chi connectivity index (χ0v) is 11.0. The van der Waals surface area contributed by atoms with Gasteiger partial charge in [0.25, 0.3) is 0 Å². The molecule has 0 radical (unpaired) electrons. The van der Waals surface area contributed by atoms with Gasteiger partial charge in [-0.2, -0.15) is 0 Å². The standard InChI is InChI=1S/C10H16FN3O3.C2H4/c1-13-10(12)8(11)4-14(6-16)9-3-2-7(5-15)17-9;1-2/h4,6-7,9,15H,2-3,5H2,1H3,(H2,12,13);1-2H2/b8-4+;. The molecule has 1 aliphatic heterocycles. The number of amidine groups is 1. The van der Waals surface area contributed by atoms with E-state index in [9.17, 15) is 9.18 Å². The predicted octanol–water partition coefficient (Wildman–Crippen LogP) is 0.542. The van der Waals surface area contributed by atoms with Gasteiger partial charge in [-0.15, -0.1) is 13.2 Å². The van der Waals surface area contributed by atoms with Crippen molar-refractivity contribution in [3.05, 3.63) is 25.2 Å². The Labute approximate surface area is 112 Å². The molecule has 1 heterocycles. The van der Waals surface area contributed by atoms with E-state index < -0.39 is 12.1 Å². The summed E-state index contributed by atoms with van der Waals surface area (Å²) >= 11 is 0. The Morgan fingerprint density at radius 2 is 2.26 bits per heavy atom. The molecule has 1 fully saturated rings. The molecule has 19 heavy (non-hydrogen) atoms. The van der Waals surface area contributed by atoms with Gasteiger partial charge in [-0.1, -0.05) is 0 Å². The van der Waals surface area contributed by atoms with Gasteiger partial charge in [0, 0.05) is 13.2 Å². The highest BCUT2D eigenvalue weighted by atomic mass is 19.1. The summed E-state index contributed by atoms with van der Waals surface area (Å²) in [5.41, 5.74) is 5.25. The van der Waals surface area contributed by atoms with Gasteiger partial charge in [-0.05, 0) is 12.8 Å². The number of ether oxygens (including phenoxy) is 1. The Bertz CT molecular complexity index is 347. The lowest BCUT2D eigenvalue weighted by molar-refractivity contribution is -0.127. The maximum atomic E-state index is 13.4. The Morgan fingerprint density at radius 3 is 2.68 bits per heavy atom. The van der Waals surface area contributed by atoms with Crippen LogP contribution in [-0.2, 0) is 9.53 Å². The van der Waals surface area contributed by atoms with Gasteiger partial charge in [0.2, 0.25) is 6.41 Å². The number of nitrogens with two attached hydrogens (primary N) is 1. The minimum Gasteiger partial charge on any atom is -0.394 e. The quantitative estimate of drug-likeness (QED) is 0.331. The first kappa shape index (κ1) is 17.3. The van der Waals surface area contributed by atoms with Crippen LogP contribution < -0.4 is 5.73 Å². The number of aliphatic imine (C=N–C) groups is 1. The van der Waals surface area contributed by atoms with E-state index in [0.717, 1.165) is 11.1 Å². The van der Waals surface area contributed by atoms with Crippen molar-refractivity contribution >= 4 is 12.2 Å². The molecule has 1 amide bonds. The third kappa shape index (κ3) is 5.19. The highest BCUT2D eigenvalue weighted by Crippen LogP contribution is 2.22. The zero-order valence-electron chi connectivity index (χ0n) is 11.0. The van der Waals surface area contributed by atoms with Gasteiger partial charge in [-0.3, -0.25) is 14.7 Å². The van der Waals surface area contributed by atoms with Crippen molar-refractivity contribution in [1.82, 2.24) is 4.90 Å². The van der Waals surface area contributed by atoms with E-state index in [2.05, 4.69) is 18.2 Å². The van der Waals surface area contributed by atoms with Crippen LogP contribution in [0.4, 0.5) is 4.39 Å². The minimum atomic E-state index is -0.796. The predicted molar refractivity (Wildman–Crippen MR) is 70.9 cm³/mol. The van der Waals surface area contributed by atoms with E-state index in [1.807, 2.05) is 0 Å². The van der Waals surface area contributed by atoms with Crippen molar-refractivity contribution in [2.24, 2.45) is 10.7 Å². The molecule has 0 aliphatic carbocycles. The molecule has 3 N–H and O–H groups in total. The molecule has 2 atom stereocenters. The summed E-state index contributed by atoms with van der Waals surface area (Å²) in [7, 11) is 1.35. The largest absolute Gasteiger partial charge is 0.394 e. The number of nitrogens with zero attached hydrogens (tertiary/aromatic N) is 2. The van der Waals surface area contributed by atoms with Gasteiger partial charge >= 0.3 is 0 Å². The molecule has 0 saturated carbocycles. The molecule has 7 heteroatoms. The lowest BCUT2D eigenvalue weighted by Gasteiger charge is -2.20. The summed E-state index contributed by atoms with van der Waals surface area (Å²) in [4.78, 5) is 15.3. The zero-order chi connectivity index (χ0) is 14.8. The molecular weight excluding hydrogens is 253 g/mol. The number of hydrogen-bond acceptors (Lipinski definition) is 4. The molecule has 1 aliphatic rings. The normalized spacial score (nSPS) is 23.5. The van der Waals surface area contributed by atoms with Crippen molar-refractivity contribution in [3.8, 4) is 0 Å². The summed E-state index contributed by atoms with van der Waals surface area (Å²) in [6.07, 6.45) is 1.68. The van der Waals surface area contributed by atoms with Crippen LogP contribution in [0.2, 0.25) is 0 Å². The number of hydrogen-bond donors (Lipinski definition) is 2. The second-order valence-electron chi connectivity index (χ2n) is 3.61. The average Bonchev–Trinajstić information content (AvgIpc) is 2.94. The number of carbonyl (C=O) groups excluding carboxylic acids is 1. The molecule has 0 bridgehead atoms. The number of rotatable bonds is 5. The first-order chi connectivity index (χ1) is 9.12. The van der Waals surface area contributed by atoms with Gasteiger partial charge in [-0.25, -0.2) is 4.39 Å². The molecule has 2 unspecified atom stereocenters. The highest BCUT2D eigenvalue weighted by molar-refractivity contribution is 5.94. The van der Waals surface area contributed by atoms with Gasteiger partial charge in [0.05, 0.1) is 12.7 Å². The molecule has 0 aromatic rings. The minimum absolute atomic E-state index is 0.117. The number of amides is 1. The van der Waals surface area contributed by atoms with E-state index in [1.54, 1.807) is 0 Å². The second-order valence-corrected chi connectivity index (χ2v) is 3.61. The van der Waals surface area contributed by atoms with Crippen LogP contribution in [0.3, 0.4) is 0 Å². The lowest BCUT2D eigenvalue weighted by atomic mass is 10.2. The fraction of sp³-hybridized carbons (Fsp3) is 0.500. The molecular formula is C12H20FN3O3. The number of aliphatic hydroxyl groups excluding tert-OH is 1. The number of aliphatic hydroxyl groups is 1. The Hall–Kier alpha value is -1.73. The van der Waals surface area contributed by atoms with Gasteiger partial charge < -0.3 is 15.6 Å². The fourth-order valence-electron chi connectivity index (χ4n) is 1.53. The lowest BCUT2D eigenvalue weighted by Crippen LogP contribution is -2.31. The molecule has 1 rings (SSSR count). The topological polar surface area (TPSA) is 88.2 Å². The van der Waals surface area contributed by atoms with Crippen LogP contribution in [0, 0.1) is 0 Å². The van der Waals surface area contributed by atoms with Crippen molar-refractivity contribution in [1.29, 1.82) is 0 Å². The first-order valence-electron chi connectivity index (χ1n) is 5.71. The SMILES string of the molecule is C=C.CN=C(N)/C(F)=C\N(C=O)C1CCC(CO)O1. The molecule has 0 spiro atoms. The van der Waals surface area contributed by atoms with E-state index in [1.165, 1.54) is 7.05 Å². The third-order valence-electron chi connectivity index (χ3n) is 2.49. The monoisotopic (exact) mass is 273 g/mol. The maximum Gasteiger partial charge on any atom is 0.215 e. The average molecular weight is 273 g/mol. The van der Waals surface area contributed by atoms with Crippen molar-refractivity contribution in [2.45, 2.75) is 25.2 Å². The van der Waals surface area contributed by atoms with Crippen LogP contribution in [-0.4, -0.2) is 48.2 Å². The van der Waals surface area contributed by atoms with E-state index >= 15 is 0 Å². The maximum absolute atomic E-state index is 13.4. The van der Waals surface area contributed by atoms with Crippen LogP contribution in [0.25, 0.3) is 0 Å². The van der Waals surface area contributed by atoms with Crippen molar-refractivity contribution in [2.75, 3.05) is 13.7 Å². The fourth-order valence-corrected chi connectivity index (χ4v) is 1.53. The summed E-state index contributed by atoms with van der Waals surface area (Å²) in [6.45, 7) is 5.88. The second kappa shape index (κ2) is 9.23. The molecule has 108 valence electrons. The van der Waals surface area contributed by atoms with Crippen molar-refractivity contribution < 1.29 is 19.0 Å². The number of halogens is 1. The molecule has 0 aromatic heterocycles. The Balaban J connectivity index is 0.00000154. The van der Waals surface area contributed by atoms with Crippen LogP contribution >= 0.6 is 0 Å². The molecule has 1 saturated heterocycles. The summed E-state index contributed by atoms with van der Waals surface area (Å²) < 4.78 is 18.7. The first-order valence-corrected chi connectivity index (χ1v) is 5.71. The van der Waals surface area contributed by atoms with Gasteiger partial charge in [0.15, 0.2) is 11.7 Å². The summed E-state index contributed by atoms with van der Waals surface area (Å²) in [5, 5.41) is 8.89. The van der Waals surface area contributed by atoms with E-state index in [-0.39, 0.29) is 18.5 Å². The van der Waals surface area contributed by atoms with E-state index in [0.29, 0.717) is 19.3 Å². The van der Waals surface area contributed by atoms with E-state index in [4.69, 9.17) is 15.6 Å². The van der Waals surface area contributed by atoms with Crippen LogP contribution in [0.5, 0.6) is 0 Å². The van der Waals surface area contributed by atoms with Crippen molar-refractivity contribution in [3.63, 3.8) is 0 Å². The Kier molecular flexibility index (Phi) is 8.39. The number of carbonyl (C=O) groups is 1. The summed E-state index contributed by atoms with van der Waals surface area (Å²) in [5.74, 6) is -1.08. The Morgan fingerprint density at radius 1 is 1.63 bits per heavy atom. The van der Waals surface area contributed by atoms with Gasteiger partial charge in [0.1, 0.15) is 6.23 Å².